The van der Waals surface area contributed by atoms with E-state index in [1.807, 2.05) is 0 Å². The van der Waals surface area contributed by atoms with Crippen LogP contribution in [0, 0.1) is 0 Å². The normalized spacial score (nSPS) is 38.2. The average molecular weight is 119 g/mol. The highest BCUT2D eigenvalue weighted by Gasteiger charge is 2.24. The van der Waals surface area contributed by atoms with Crippen molar-refractivity contribution in [3.05, 3.63) is 0 Å². The van der Waals surface area contributed by atoms with Crippen LogP contribution in [0.15, 0.2) is 0 Å². The topological polar surface area (TPSA) is 32.3 Å². The Hall–Kier alpha value is -0.150. The zero-order valence-electron chi connectivity index (χ0n) is 4.60. The molecule has 0 aliphatic carbocycles. The molecule has 0 unspecified atom stereocenters. The summed E-state index contributed by atoms with van der Waals surface area (Å²) in [4.78, 5) is 0. The fourth-order valence-corrected chi connectivity index (χ4v) is 0.915. The van der Waals surface area contributed by atoms with Gasteiger partial charge in [0, 0.05) is 0 Å². The molecule has 0 aromatic heterocycles. The summed E-state index contributed by atoms with van der Waals surface area (Å²) in [6.07, 6.45) is -0.286. The van der Waals surface area contributed by atoms with E-state index in [0.29, 0.717) is 13.0 Å². The first-order valence-corrected chi connectivity index (χ1v) is 2.83. The lowest BCUT2D eigenvalue weighted by molar-refractivity contribution is 0.196. The van der Waals surface area contributed by atoms with Crippen molar-refractivity contribution in [3.63, 3.8) is 0 Å². The summed E-state index contributed by atoms with van der Waals surface area (Å²) >= 11 is 0. The summed E-state index contributed by atoms with van der Waals surface area (Å²) in [7, 11) is 0. The quantitative estimate of drug-likeness (QED) is 0.495. The van der Waals surface area contributed by atoms with Gasteiger partial charge in [-0.1, -0.05) is 0 Å². The molecule has 48 valence electrons. The van der Waals surface area contributed by atoms with Gasteiger partial charge in [0.1, 0.15) is 6.17 Å². The number of halogens is 1. The van der Waals surface area contributed by atoms with Crippen LogP contribution in [0.1, 0.15) is 6.42 Å². The van der Waals surface area contributed by atoms with Crippen molar-refractivity contribution < 1.29 is 9.50 Å². The van der Waals surface area contributed by atoms with E-state index in [4.69, 9.17) is 5.11 Å². The largest absolute Gasteiger partial charge is 0.395 e. The zero-order chi connectivity index (χ0) is 5.98. The predicted octanol–water partition coefficient (Wildman–Crippen LogP) is -0.321. The van der Waals surface area contributed by atoms with Crippen molar-refractivity contribution in [2.24, 2.45) is 0 Å². The summed E-state index contributed by atoms with van der Waals surface area (Å²) in [5.74, 6) is 0. The number of alkyl halides is 1. The second-order valence-corrected chi connectivity index (χ2v) is 2.05. The van der Waals surface area contributed by atoms with Crippen LogP contribution in [0.25, 0.3) is 0 Å². The number of aliphatic hydroxyl groups excluding tert-OH is 1. The molecule has 8 heavy (non-hydrogen) atoms. The monoisotopic (exact) mass is 119 g/mol. The molecule has 1 saturated heterocycles. The van der Waals surface area contributed by atoms with E-state index in [-0.39, 0.29) is 12.6 Å². The molecule has 1 heterocycles. The smallest absolute Gasteiger partial charge is 0.119 e. The molecule has 0 radical (unpaired) electrons. The van der Waals surface area contributed by atoms with E-state index >= 15 is 0 Å². The van der Waals surface area contributed by atoms with Gasteiger partial charge in [-0.3, -0.25) is 0 Å². The molecule has 0 bridgehead atoms. The zero-order valence-corrected chi connectivity index (χ0v) is 4.60. The van der Waals surface area contributed by atoms with E-state index in [1.54, 1.807) is 0 Å². The van der Waals surface area contributed by atoms with Gasteiger partial charge in [-0.25, -0.2) is 4.39 Å². The molecule has 2 atom stereocenters. The van der Waals surface area contributed by atoms with E-state index in [9.17, 15) is 4.39 Å². The van der Waals surface area contributed by atoms with Gasteiger partial charge in [-0.15, -0.1) is 0 Å². The minimum absolute atomic E-state index is 0.0822. The second-order valence-electron chi connectivity index (χ2n) is 2.05. The highest BCUT2D eigenvalue weighted by Crippen LogP contribution is 2.09. The second kappa shape index (κ2) is 2.42. The molecular weight excluding hydrogens is 109 g/mol. The van der Waals surface area contributed by atoms with Gasteiger partial charge >= 0.3 is 0 Å². The maximum atomic E-state index is 12.4. The Kier molecular flexibility index (Phi) is 1.81. The van der Waals surface area contributed by atoms with Crippen LogP contribution in [-0.2, 0) is 0 Å². The number of hydrogen-bond acceptors (Lipinski definition) is 2. The van der Waals surface area contributed by atoms with Gasteiger partial charge in [0.15, 0.2) is 0 Å². The molecule has 1 aliphatic heterocycles. The molecular formula is C5H10FNO. The minimum Gasteiger partial charge on any atom is -0.395 e. The maximum Gasteiger partial charge on any atom is 0.119 e. The summed E-state index contributed by atoms with van der Waals surface area (Å²) in [6.45, 7) is 0.619. The van der Waals surface area contributed by atoms with Gasteiger partial charge < -0.3 is 10.4 Å². The van der Waals surface area contributed by atoms with E-state index in [1.165, 1.54) is 0 Å². The maximum absolute atomic E-state index is 12.4. The van der Waals surface area contributed by atoms with Gasteiger partial charge in [0.2, 0.25) is 0 Å². The SMILES string of the molecule is OC[C@@H]1NCC[C@@H]1F. The highest BCUT2D eigenvalue weighted by atomic mass is 19.1. The molecule has 0 spiro atoms. The standard InChI is InChI=1S/C5H10FNO/c6-4-1-2-7-5(4)3-8/h4-5,7-8H,1-3H2/t4-,5-/m0/s1. The van der Waals surface area contributed by atoms with Crippen LogP contribution in [0.3, 0.4) is 0 Å². The fraction of sp³-hybridized carbons (Fsp3) is 1.00. The Labute approximate surface area is 47.7 Å². The van der Waals surface area contributed by atoms with Crippen molar-refractivity contribution >= 4 is 0 Å². The number of aliphatic hydroxyl groups is 1. The van der Waals surface area contributed by atoms with Gasteiger partial charge in [-0.05, 0) is 13.0 Å². The van der Waals surface area contributed by atoms with Crippen molar-refractivity contribution in [1.29, 1.82) is 0 Å². The Balaban J connectivity index is 2.30. The lowest BCUT2D eigenvalue weighted by Crippen LogP contribution is -2.31. The van der Waals surface area contributed by atoms with Gasteiger partial charge in [0.05, 0.1) is 12.6 Å². The molecule has 2 nitrogen and oxygen atoms in total. The third-order valence-corrected chi connectivity index (χ3v) is 1.46. The minimum atomic E-state index is -0.833. The van der Waals surface area contributed by atoms with Crippen molar-refractivity contribution in [1.82, 2.24) is 5.32 Å². The Bertz CT molecular complexity index is 78.8. The molecule has 0 aromatic rings. The van der Waals surface area contributed by atoms with Crippen LogP contribution < -0.4 is 5.32 Å². The van der Waals surface area contributed by atoms with Crippen LogP contribution in [0.5, 0.6) is 0 Å². The van der Waals surface area contributed by atoms with E-state index in [2.05, 4.69) is 5.32 Å². The lowest BCUT2D eigenvalue weighted by Gasteiger charge is -2.06. The fourth-order valence-electron chi connectivity index (χ4n) is 0.915. The molecule has 0 amide bonds. The summed E-state index contributed by atoms with van der Waals surface area (Å²) in [6, 6.07) is -0.296. The number of hydrogen-bond donors (Lipinski definition) is 2. The van der Waals surface area contributed by atoms with Crippen molar-refractivity contribution in [2.75, 3.05) is 13.2 Å². The molecule has 1 fully saturated rings. The Morgan fingerprint density at radius 3 is 2.75 bits per heavy atom. The predicted molar refractivity (Wildman–Crippen MR) is 28.4 cm³/mol. The van der Waals surface area contributed by atoms with E-state index in [0.717, 1.165) is 0 Å². The molecule has 1 rings (SSSR count). The first-order chi connectivity index (χ1) is 3.84. The van der Waals surface area contributed by atoms with Crippen LogP contribution >= 0.6 is 0 Å². The van der Waals surface area contributed by atoms with Crippen LogP contribution in [0.2, 0.25) is 0 Å². The van der Waals surface area contributed by atoms with Gasteiger partial charge in [-0.2, -0.15) is 0 Å². The average Bonchev–Trinajstić information content (AvgIpc) is 2.14. The number of rotatable bonds is 1. The first-order valence-electron chi connectivity index (χ1n) is 2.83. The molecule has 3 heteroatoms. The highest BCUT2D eigenvalue weighted by molar-refractivity contribution is 4.82. The summed E-state index contributed by atoms with van der Waals surface area (Å²) in [5, 5.41) is 11.3. The van der Waals surface area contributed by atoms with Crippen LogP contribution in [0.4, 0.5) is 4.39 Å². The van der Waals surface area contributed by atoms with Gasteiger partial charge in [0.25, 0.3) is 0 Å². The van der Waals surface area contributed by atoms with E-state index < -0.39 is 6.17 Å². The third kappa shape index (κ3) is 0.980. The molecule has 0 aromatic carbocycles. The summed E-state index contributed by atoms with van der Waals surface area (Å²) in [5.41, 5.74) is 0. The van der Waals surface area contributed by atoms with Crippen molar-refractivity contribution in [2.45, 2.75) is 18.6 Å². The van der Waals surface area contributed by atoms with Crippen molar-refractivity contribution in [3.8, 4) is 0 Å². The molecule has 1 aliphatic rings. The van der Waals surface area contributed by atoms with Crippen LogP contribution in [-0.4, -0.2) is 30.5 Å². The summed E-state index contributed by atoms with van der Waals surface area (Å²) < 4.78 is 12.4. The lowest BCUT2D eigenvalue weighted by atomic mass is 10.2. The Morgan fingerprint density at radius 2 is 2.50 bits per heavy atom. The molecule has 0 saturated carbocycles. The third-order valence-electron chi connectivity index (χ3n) is 1.46. The number of nitrogens with one attached hydrogen (secondary N) is 1. The molecule has 2 N–H and O–H groups in total. The Morgan fingerprint density at radius 1 is 1.75 bits per heavy atom. The first kappa shape index (κ1) is 5.98.